The summed E-state index contributed by atoms with van der Waals surface area (Å²) in [6.45, 7) is 1.92. The third-order valence-corrected chi connectivity index (χ3v) is 4.31. The molecule has 0 fully saturated rings. The number of rotatable bonds is 4. The lowest BCUT2D eigenvalue weighted by atomic mass is 10.1. The molecule has 1 N–H and O–H groups in total. The summed E-state index contributed by atoms with van der Waals surface area (Å²) < 4.78 is 9.39. The molecule has 0 aliphatic heterocycles. The Bertz CT molecular complexity index is 878. The third-order valence-electron chi connectivity index (χ3n) is 3.36. The molecule has 3 rings (SSSR count). The number of nitrogens with one attached hydrogen (secondary N) is 1. The van der Waals surface area contributed by atoms with Gasteiger partial charge in [0.2, 0.25) is 5.13 Å². The average molecular weight is 360 g/mol. The first-order valence-corrected chi connectivity index (χ1v) is 8.27. The fraction of sp³-hybridized carbons (Fsp3) is 0.118. The van der Waals surface area contributed by atoms with Crippen LogP contribution < -0.4 is 10.1 Å². The molecule has 3 aromatic rings. The number of benzene rings is 2. The summed E-state index contributed by atoms with van der Waals surface area (Å²) in [7, 11) is 1.61. The number of hydrogen-bond acceptors (Lipinski definition) is 5. The minimum absolute atomic E-state index is 0.308. The Labute approximate surface area is 148 Å². The van der Waals surface area contributed by atoms with Crippen molar-refractivity contribution in [3.63, 3.8) is 0 Å². The van der Waals surface area contributed by atoms with Crippen molar-refractivity contribution in [2.24, 2.45) is 0 Å². The maximum atomic E-state index is 12.3. The first-order valence-electron chi connectivity index (χ1n) is 7.12. The number of anilines is 1. The van der Waals surface area contributed by atoms with Gasteiger partial charge in [-0.05, 0) is 48.9 Å². The van der Waals surface area contributed by atoms with Gasteiger partial charge in [-0.2, -0.15) is 9.36 Å². The Balaban J connectivity index is 1.76. The highest BCUT2D eigenvalue weighted by molar-refractivity contribution is 7.10. The van der Waals surface area contributed by atoms with Gasteiger partial charge in [-0.15, -0.1) is 0 Å². The molecular weight excluding hydrogens is 346 g/mol. The second kappa shape index (κ2) is 6.98. The summed E-state index contributed by atoms with van der Waals surface area (Å²) in [6, 6.07) is 12.7. The van der Waals surface area contributed by atoms with Crippen LogP contribution in [-0.2, 0) is 0 Å². The van der Waals surface area contributed by atoms with E-state index < -0.39 is 0 Å². The molecule has 7 heteroatoms. The Kier molecular flexibility index (Phi) is 4.78. The largest absolute Gasteiger partial charge is 0.497 e. The van der Waals surface area contributed by atoms with E-state index in [4.69, 9.17) is 16.3 Å². The van der Waals surface area contributed by atoms with Crippen LogP contribution in [0.25, 0.3) is 11.4 Å². The normalized spacial score (nSPS) is 10.5. The van der Waals surface area contributed by atoms with Gasteiger partial charge >= 0.3 is 0 Å². The predicted molar refractivity (Wildman–Crippen MR) is 96.0 cm³/mol. The molecule has 0 saturated heterocycles. The number of ether oxygens (including phenoxy) is 1. The first kappa shape index (κ1) is 16.4. The number of carbonyl (C=O) groups is 1. The van der Waals surface area contributed by atoms with Gasteiger partial charge in [-0.1, -0.05) is 17.7 Å². The van der Waals surface area contributed by atoms with E-state index in [1.165, 1.54) is 0 Å². The van der Waals surface area contributed by atoms with Crippen molar-refractivity contribution in [1.82, 2.24) is 9.36 Å². The molecule has 0 spiro atoms. The van der Waals surface area contributed by atoms with E-state index in [0.29, 0.717) is 21.5 Å². The third kappa shape index (κ3) is 3.55. The lowest BCUT2D eigenvalue weighted by Crippen LogP contribution is -2.12. The summed E-state index contributed by atoms with van der Waals surface area (Å²) in [5.41, 5.74) is 2.25. The van der Waals surface area contributed by atoms with Gasteiger partial charge in [0, 0.05) is 17.1 Å². The van der Waals surface area contributed by atoms with E-state index in [-0.39, 0.29) is 5.91 Å². The smallest absolute Gasteiger partial charge is 0.258 e. The van der Waals surface area contributed by atoms with Crippen LogP contribution in [0.15, 0.2) is 42.5 Å². The van der Waals surface area contributed by atoms with Gasteiger partial charge in [0.15, 0.2) is 5.82 Å². The quantitative estimate of drug-likeness (QED) is 0.748. The van der Waals surface area contributed by atoms with Crippen molar-refractivity contribution in [2.75, 3.05) is 12.4 Å². The summed E-state index contributed by atoms with van der Waals surface area (Å²) in [4.78, 5) is 16.6. The predicted octanol–water partition coefficient (Wildman–Crippen LogP) is 4.43. The number of halogens is 1. The number of carbonyl (C=O) groups excluding carboxylic acids is 1. The monoisotopic (exact) mass is 359 g/mol. The molecule has 122 valence electrons. The Morgan fingerprint density at radius 2 is 1.96 bits per heavy atom. The van der Waals surface area contributed by atoms with E-state index in [2.05, 4.69) is 14.7 Å². The number of nitrogens with zero attached hydrogens (tertiary/aromatic N) is 2. The van der Waals surface area contributed by atoms with Gasteiger partial charge in [0.1, 0.15) is 5.75 Å². The lowest BCUT2D eigenvalue weighted by Gasteiger charge is -2.04. The second-order valence-electron chi connectivity index (χ2n) is 5.09. The molecule has 1 aromatic heterocycles. The molecule has 0 saturated carbocycles. The van der Waals surface area contributed by atoms with Crippen LogP contribution >= 0.6 is 23.1 Å². The average Bonchev–Trinajstić information content (AvgIpc) is 3.03. The van der Waals surface area contributed by atoms with Crippen molar-refractivity contribution in [3.05, 3.63) is 58.6 Å². The molecule has 2 aromatic carbocycles. The number of aryl methyl sites for hydroxylation is 1. The molecule has 0 atom stereocenters. The topological polar surface area (TPSA) is 64.1 Å². The molecule has 0 aliphatic carbocycles. The van der Waals surface area contributed by atoms with Crippen molar-refractivity contribution in [1.29, 1.82) is 0 Å². The van der Waals surface area contributed by atoms with Crippen LogP contribution in [0.1, 0.15) is 15.9 Å². The van der Waals surface area contributed by atoms with Gasteiger partial charge in [0.25, 0.3) is 5.91 Å². The molecule has 5 nitrogen and oxygen atoms in total. The summed E-state index contributed by atoms with van der Waals surface area (Å²) >= 11 is 7.23. The fourth-order valence-corrected chi connectivity index (χ4v) is 3.01. The van der Waals surface area contributed by atoms with Crippen molar-refractivity contribution >= 4 is 34.2 Å². The van der Waals surface area contributed by atoms with Crippen LogP contribution in [0.2, 0.25) is 5.02 Å². The van der Waals surface area contributed by atoms with E-state index in [9.17, 15) is 4.79 Å². The summed E-state index contributed by atoms with van der Waals surface area (Å²) in [5.74, 6) is 1.00. The molecule has 0 unspecified atom stereocenters. The van der Waals surface area contributed by atoms with Crippen molar-refractivity contribution < 1.29 is 9.53 Å². The summed E-state index contributed by atoms with van der Waals surface area (Å²) in [6.07, 6.45) is 0. The Morgan fingerprint density at radius 3 is 2.62 bits per heavy atom. The fourth-order valence-electron chi connectivity index (χ4n) is 2.10. The van der Waals surface area contributed by atoms with E-state index in [0.717, 1.165) is 28.4 Å². The molecule has 24 heavy (non-hydrogen) atoms. The molecule has 1 amide bonds. The number of amides is 1. The maximum absolute atomic E-state index is 12.3. The highest BCUT2D eigenvalue weighted by Crippen LogP contribution is 2.24. The van der Waals surface area contributed by atoms with Gasteiger partial charge in [-0.3, -0.25) is 10.1 Å². The minimum Gasteiger partial charge on any atom is -0.497 e. The van der Waals surface area contributed by atoms with Gasteiger partial charge in [-0.25, -0.2) is 0 Å². The van der Waals surface area contributed by atoms with Crippen LogP contribution in [-0.4, -0.2) is 22.4 Å². The number of hydrogen-bond donors (Lipinski definition) is 1. The highest BCUT2D eigenvalue weighted by Gasteiger charge is 2.14. The molecular formula is C17H14ClN3O2S. The zero-order valence-electron chi connectivity index (χ0n) is 13.0. The minimum atomic E-state index is -0.308. The number of methoxy groups -OCH3 is 1. The van der Waals surface area contributed by atoms with Gasteiger partial charge in [0.05, 0.1) is 17.7 Å². The zero-order chi connectivity index (χ0) is 17.1. The van der Waals surface area contributed by atoms with Crippen LogP contribution in [0, 0.1) is 6.92 Å². The van der Waals surface area contributed by atoms with E-state index >= 15 is 0 Å². The molecule has 1 heterocycles. The first-order chi connectivity index (χ1) is 11.6. The van der Waals surface area contributed by atoms with Crippen molar-refractivity contribution in [3.8, 4) is 17.1 Å². The maximum Gasteiger partial charge on any atom is 0.258 e. The van der Waals surface area contributed by atoms with E-state index in [1.807, 2.05) is 37.3 Å². The Hall–Kier alpha value is -2.44. The van der Waals surface area contributed by atoms with Crippen LogP contribution in [0.3, 0.4) is 0 Å². The second-order valence-corrected chi connectivity index (χ2v) is 6.25. The van der Waals surface area contributed by atoms with Crippen LogP contribution in [0.4, 0.5) is 5.13 Å². The van der Waals surface area contributed by atoms with Crippen molar-refractivity contribution in [2.45, 2.75) is 6.92 Å². The highest BCUT2D eigenvalue weighted by atomic mass is 35.5. The van der Waals surface area contributed by atoms with Crippen LogP contribution in [0.5, 0.6) is 5.75 Å². The lowest BCUT2D eigenvalue weighted by molar-refractivity contribution is 0.102. The SMILES string of the molecule is COc1ccc(-c2nsc(NC(=O)c3ccc(C)cc3Cl)n2)cc1. The van der Waals surface area contributed by atoms with E-state index in [1.54, 1.807) is 19.2 Å². The molecule has 0 bridgehead atoms. The Morgan fingerprint density at radius 1 is 1.21 bits per heavy atom. The summed E-state index contributed by atoms with van der Waals surface area (Å²) in [5, 5.41) is 3.56. The number of aromatic nitrogens is 2. The van der Waals surface area contributed by atoms with Gasteiger partial charge < -0.3 is 4.74 Å². The zero-order valence-corrected chi connectivity index (χ0v) is 14.6. The standard InChI is InChI=1S/C17H14ClN3O2S/c1-10-3-8-13(14(18)9-10)16(22)20-17-19-15(21-24-17)11-4-6-12(23-2)7-5-11/h3-9H,1-2H3,(H,19,20,21,22). The molecule has 0 radical (unpaired) electrons. The molecule has 0 aliphatic rings.